The maximum Gasteiger partial charge on any atom is 0.356 e. The van der Waals surface area contributed by atoms with Crippen molar-refractivity contribution in [3.63, 3.8) is 0 Å². The smallest absolute Gasteiger partial charge is 0.356 e. The molecular weight excluding hydrogens is 458 g/mol. The minimum atomic E-state index is -4.14. The molecule has 34 heavy (non-hydrogen) atoms. The van der Waals surface area contributed by atoms with Crippen LogP contribution in [0.3, 0.4) is 0 Å². The van der Waals surface area contributed by atoms with E-state index >= 15 is 0 Å². The number of sulfonamides is 1. The molecular formula is C25H21NO7S. The van der Waals surface area contributed by atoms with Crippen LogP contribution in [0, 0.1) is 6.92 Å². The summed E-state index contributed by atoms with van der Waals surface area (Å²) in [5, 5.41) is 0. The van der Waals surface area contributed by atoms with E-state index in [1.54, 1.807) is 61.5 Å². The van der Waals surface area contributed by atoms with Crippen molar-refractivity contribution < 1.29 is 32.2 Å². The van der Waals surface area contributed by atoms with Gasteiger partial charge in [0.1, 0.15) is 0 Å². The fourth-order valence-corrected chi connectivity index (χ4v) is 6.00. The largest absolute Gasteiger partial charge is 0.493 e. The van der Waals surface area contributed by atoms with Gasteiger partial charge in [0, 0.05) is 11.1 Å². The summed E-state index contributed by atoms with van der Waals surface area (Å²) in [6, 6.07) is 16.9. The van der Waals surface area contributed by atoms with Gasteiger partial charge in [0.05, 0.1) is 24.8 Å². The van der Waals surface area contributed by atoms with Gasteiger partial charge in [0.2, 0.25) is 12.5 Å². The fourth-order valence-electron chi connectivity index (χ4n) is 4.23. The summed E-state index contributed by atoms with van der Waals surface area (Å²) in [5.74, 6) is 0.474. The molecule has 0 radical (unpaired) electrons. The molecule has 8 nitrogen and oxygen atoms in total. The number of esters is 1. The summed E-state index contributed by atoms with van der Waals surface area (Å²) in [5.41, 5.74) is 2.15. The van der Waals surface area contributed by atoms with Gasteiger partial charge in [-0.3, -0.25) is 0 Å². The first-order valence-electron chi connectivity index (χ1n) is 10.4. The maximum absolute atomic E-state index is 13.9. The highest BCUT2D eigenvalue weighted by Crippen LogP contribution is 2.48. The Kier molecular flexibility index (Phi) is 5.21. The third-order valence-corrected chi connectivity index (χ3v) is 7.55. The molecule has 0 fully saturated rings. The Balaban J connectivity index is 1.92. The van der Waals surface area contributed by atoms with Crippen molar-refractivity contribution in [3.05, 3.63) is 83.1 Å². The summed E-state index contributed by atoms with van der Waals surface area (Å²) in [7, 11) is -1.43. The van der Waals surface area contributed by atoms with Crippen molar-refractivity contribution in [2.45, 2.75) is 11.8 Å². The Bertz CT molecular complexity index is 1460. The summed E-state index contributed by atoms with van der Waals surface area (Å²) >= 11 is 0. The van der Waals surface area contributed by atoms with Gasteiger partial charge in [-0.15, -0.1) is 0 Å². The normalized spacial score (nSPS) is 15.7. The zero-order valence-corrected chi connectivity index (χ0v) is 19.5. The van der Waals surface area contributed by atoms with Crippen LogP contribution in [0.2, 0.25) is 0 Å². The number of hydrogen-bond donors (Lipinski definition) is 0. The van der Waals surface area contributed by atoms with Crippen LogP contribution in [0.4, 0.5) is 5.69 Å². The van der Waals surface area contributed by atoms with Crippen LogP contribution in [0.15, 0.2) is 71.3 Å². The standard InChI is InChI=1S/C25H21NO7S/c1-15-8-4-6-10-18(15)26-23(25(27)31-3)22(17-9-5-7-11-21(17)34(26,28)29)16-12-19(30-2)24-20(13-16)32-14-33-24/h4-13H,14H2,1-3H3. The predicted octanol–water partition coefficient (Wildman–Crippen LogP) is 3.87. The number of anilines is 1. The van der Waals surface area contributed by atoms with E-state index in [4.69, 9.17) is 18.9 Å². The molecule has 0 unspecified atom stereocenters. The zero-order chi connectivity index (χ0) is 24.0. The van der Waals surface area contributed by atoms with E-state index in [1.165, 1.54) is 20.3 Å². The number of para-hydroxylation sites is 1. The molecule has 0 amide bonds. The highest BCUT2D eigenvalue weighted by Gasteiger charge is 2.42. The van der Waals surface area contributed by atoms with E-state index in [1.807, 2.05) is 0 Å². The van der Waals surface area contributed by atoms with Crippen LogP contribution in [0.1, 0.15) is 16.7 Å². The van der Waals surface area contributed by atoms with Crippen LogP contribution >= 0.6 is 0 Å². The monoisotopic (exact) mass is 479 g/mol. The van der Waals surface area contributed by atoms with E-state index in [-0.39, 0.29) is 17.4 Å². The molecule has 174 valence electrons. The van der Waals surface area contributed by atoms with Gasteiger partial charge in [-0.25, -0.2) is 17.5 Å². The topological polar surface area (TPSA) is 91.4 Å². The van der Waals surface area contributed by atoms with Crippen molar-refractivity contribution in [3.8, 4) is 17.2 Å². The molecule has 0 spiro atoms. The fraction of sp³-hybridized carbons (Fsp3) is 0.160. The molecule has 0 saturated carbocycles. The number of benzene rings is 3. The molecule has 2 aliphatic heterocycles. The minimum Gasteiger partial charge on any atom is -0.493 e. The highest BCUT2D eigenvalue weighted by molar-refractivity contribution is 7.93. The van der Waals surface area contributed by atoms with E-state index < -0.39 is 16.0 Å². The predicted molar refractivity (Wildman–Crippen MR) is 124 cm³/mol. The summed E-state index contributed by atoms with van der Waals surface area (Å²) in [6.45, 7) is 1.81. The third-order valence-electron chi connectivity index (χ3n) is 5.77. The molecule has 5 rings (SSSR count). The molecule has 0 aromatic heterocycles. The number of fused-ring (bicyclic) bond motifs is 2. The first-order chi connectivity index (χ1) is 16.4. The van der Waals surface area contributed by atoms with Gasteiger partial charge in [0.25, 0.3) is 10.0 Å². The van der Waals surface area contributed by atoms with Gasteiger partial charge in [-0.05, 0) is 42.3 Å². The third kappa shape index (κ3) is 3.19. The van der Waals surface area contributed by atoms with Gasteiger partial charge in [0.15, 0.2) is 17.2 Å². The number of carbonyl (C=O) groups is 1. The Morgan fingerprint density at radius 2 is 1.74 bits per heavy atom. The van der Waals surface area contributed by atoms with Crippen LogP contribution < -0.4 is 18.5 Å². The maximum atomic E-state index is 13.9. The lowest BCUT2D eigenvalue weighted by molar-refractivity contribution is -0.136. The lowest BCUT2D eigenvalue weighted by Gasteiger charge is -2.34. The molecule has 3 aromatic carbocycles. The van der Waals surface area contributed by atoms with E-state index in [9.17, 15) is 13.2 Å². The SMILES string of the molecule is COC(=O)C1=C(c2cc(OC)c3c(c2)OCO3)c2ccccc2S(=O)(=O)N1c1ccccc1C. The van der Waals surface area contributed by atoms with Crippen LogP contribution in [-0.2, 0) is 19.6 Å². The molecule has 3 aromatic rings. The number of rotatable bonds is 4. The van der Waals surface area contributed by atoms with Crippen molar-refractivity contribution in [1.82, 2.24) is 0 Å². The second-order valence-corrected chi connectivity index (χ2v) is 9.43. The van der Waals surface area contributed by atoms with E-state index in [0.717, 1.165) is 4.31 Å². The number of methoxy groups -OCH3 is 2. The molecule has 0 bridgehead atoms. The van der Waals surface area contributed by atoms with Crippen molar-refractivity contribution >= 4 is 27.3 Å². The van der Waals surface area contributed by atoms with Crippen molar-refractivity contribution in [2.75, 3.05) is 25.3 Å². The number of carbonyl (C=O) groups excluding carboxylic acids is 1. The van der Waals surface area contributed by atoms with Crippen LogP contribution in [-0.4, -0.2) is 35.4 Å². The summed E-state index contributed by atoms with van der Waals surface area (Å²) < 4.78 is 50.5. The Hall–Kier alpha value is -3.98. The molecule has 9 heteroatoms. The van der Waals surface area contributed by atoms with E-state index in [0.29, 0.717) is 45.2 Å². The van der Waals surface area contributed by atoms with Gasteiger partial charge >= 0.3 is 5.97 Å². The van der Waals surface area contributed by atoms with Crippen LogP contribution in [0.5, 0.6) is 17.2 Å². The first-order valence-corrected chi connectivity index (χ1v) is 11.8. The van der Waals surface area contributed by atoms with Crippen molar-refractivity contribution in [2.24, 2.45) is 0 Å². The number of hydrogen-bond acceptors (Lipinski definition) is 7. The van der Waals surface area contributed by atoms with Gasteiger partial charge < -0.3 is 18.9 Å². The second-order valence-electron chi connectivity index (χ2n) is 7.68. The average molecular weight is 480 g/mol. The number of nitrogens with zero attached hydrogens (tertiary/aromatic N) is 1. The molecule has 2 aliphatic rings. The first kappa shape index (κ1) is 21.8. The second kappa shape index (κ2) is 8.11. The van der Waals surface area contributed by atoms with Crippen molar-refractivity contribution in [1.29, 1.82) is 0 Å². The summed E-state index contributed by atoms with van der Waals surface area (Å²) in [6.07, 6.45) is 0. The Labute approximate surface area is 197 Å². The molecule has 0 N–H and O–H groups in total. The van der Waals surface area contributed by atoms with Gasteiger partial charge in [-0.2, -0.15) is 0 Å². The number of ether oxygens (including phenoxy) is 4. The summed E-state index contributed by atoms with van der Waals surface area (Å²) in [4.78, 5) is 13.3. The lowest BCUT2D eigenvalue weighted by Crippen LogP contribution is -2.39. The average Bonchev–Trinajstić information content (AvgIpc) is 3.32. The molecule has 0 atom stereocenters. The van der Waals surface area contributed by atoms with Crippen LogP contribution in [0.25, 0.3) is 5.57 Å². The zero-order valence-electron chi connectivity index (χ0n) is 18.7. The van der Waals surface area contributed by atoms with E-state index in [2.05, 4.69) is 0 Å². The quantitative estimate of drug-likeness (QED) is 0.525. The lowest BCUT2D eigenvalue weighted by atomic mass is 9.94. The van der Waals surface area contributed by atoms with Gasteiger partial charge in [-0.1, -0.05) is 36.4 Å². The Morgan fingerprint density at radius 3 is 2.47 bits per heavy atom. The molecule has 0 aliphatic carbocycles. The number of aryl methyl sites for hydroxylation is 1. The molecule has 0 saturated heterocycles. The molecule has 2 heterocycles. The Morgan fingerprint density at radius 1 is 1.00 bits per heavy atom. The minimum absolute atomic E-state index is 0.0261. The highest BCUT2D eigenvalue weighted by atomic mass is 32.2.